The highest BCUT2D eigenvalue weighted by atomic mass is 32.2. The van der Waals surface area contributed by atoms with Gasteiger partial charge in [0.2, 0.25) is 0 Å². The summed E-state index contributed by atoms with van der Waals surface area (Å²) in [5, 5.41) is 4.39. The van der Waals surface area contributed by atoms with E-state index in [2.05, 4.69) is 14.8 Å². The van der Waals surface area contributed by atoms with Gasteiger partial charge in [0.05, 0.1) is 21.3 Å². The Morgan fingerprint density at radius 1 is 0.886 bits per heavy atom. The number of carbonyl (C=O) groups excluding carboxylic acids is 1. The van der Waals surface area contributed by atoms with Crippen molar-refractivity contribution >= 4 is 38.6 Å². The average molecular weight is 625 g/mol. The highest BCUT2D eigenvalue weighted by molar-refractivity contribution is 7.93. The summed E-state index contributed by atoms with van der Waals surface area (Å²) in [6, 6.07) is 16.2. The number of carbonyl (C=O) groups is 1. The van der Waals surface area contributed by atoms with Crippen LogP contribution in [-0.4, -0.2) is 77.7 Å². The van der Waals surface area contributed by atoms with Gasteiger partial charge in [-0.25, -0.2) is 13.2 Å². The van der Waals surface area contributed by atoms with Crippen LogP contribution in [0.4, 0.5) is 16.3 Å². The van der Waals surface area contributed by atoms with Gasteiger partial charge in [-0.15, -0.1) is 0 Å². The van der Waals surface area contributed by atoms with E-state index in [0.29, 0.717) is 42.9 Å². The normalized spacial score (nSPS) is 14.0. The second kappa shape index (κ2) is 12.2. The molecule has 5 rings (SSSR count). The summed E-state index contributed by atoms with van der Waals surface area (Å²) in [7, 11) is 0.0388. The fourth-order valence-electron chi connectivity index (χ4n) is 5.13. The molecule has 0 spiro atoms. The van der Waals surface area contributed by atoms with Crippen molar-refractivity contribution in [1.82, 2.24) is 10.1 Å². The summed E-state index contributed by atoms with van der Waals surface area (Å²) < 4.78 is 57.0. The molecular formula is C31H36N4O8S. The molecule has 3 aromatic carbocycles. The number of nitrogens with zero attached hydrogens (tertiary/aromatic N) is 3. The number of nitrogens with one attached hydrogen (secondary N) is 1. The standard InChI is InChI=1S/C31H36N4O8S/c1-31(2,3)42-30(36)35-16-14-34(15-17-35)22-11-8-7-10-21(22)20-18-25(41-6)27-26(19-20)43-32-29(27)33-44(37,38)28-23(39-4)12-9-13-24(28)40-5/h7-13,18-19H,14-17H2,1-6H3,(H,32,33). The van der Waals surface area contributed by atoms with Gasteiger partial charge in [0, 0.05) is 37.4 Å². The number of ether oxygens (including phenoxy) is 4. The molecule has 12 nitrogen and oxygen atoms in total. The number of sulfonamides is 1. The highest BCUT2D eigenvalue weighted by Crippen LogP contribution is 2.41. The van der Waals surface area contributed by atoms with Crippen LogP contribution in [0.5, 0.6) is 17.2 Å². The largest absolute Gasteiger partial charge is 0.496 e. The van der Waals surface area contributed by atoms with Crippen molar-refractivity contribution in [2.24, 2.45) is 0 Å². The second-order valence-corrected chi connectivity index (χ2v) is 12.8. The molecule has 44 heavy (non-hydrogen) atoms. The quantitative estimate of drug-likeness (QED) is 0.273. The highest BCUT2D eigenvalue weighted by Gasteiger charge is 2.29. The molecule has 0 atom stereocenters. The van der Waals surface area contributed by atoms with E-state index in [1.165, 1.54) is 33.5 Å². The van der Waals surface area contributed by atoms with Crippen molar-refractivity contribution in [2.75, 3.05) is 57.1 Å². The zero-order chi connectivity index (χ0) is 31.6. The van der Waals surface area contributed by atoms with E-state index in [-0.39, 0.29) is 28.3 Å². The van der Waals surface area contributed by atoms with E-state index < -0.39 is 15.6 Å². The number of fused-ring (bicyclic) bond motifs is 1. The number of para-hydroxylation sites is 1. The Labute approximate surface area is 256 Å². The minimum absolute atomic E-state index is 0.0390. The van der Waals surface area contributed by atoms with Crippen LogP contribution in [0, 0.1) is 0 Å². The summed E-state index contributed by atoms with van der Waals surface area (Å²) in [5.74, 6) is 0.556. The number of anilines is 2. The van der Waals surface area contributed by atoms with Crippen LogP contribution in [0.1, 0.15) is 20.8 Å². The molecule has 1 saturated heterocycles. The molecule has 1 aliphatic heterocycles. The van der Waals surface area contributed by atoms with Gasteiger partial charge in [-0.2, -0.15) is 0 Å². The Kier molecular flexibility index (Phi) is 8.51. The number of aromatic nitrogens is 1. The first-order valence-corrected chi connectivity index (χ1v) is 15.5. The Balaban J connectivity index is 1.45. The molecule has 1 amide bonds. The van der Waals surface area contributed by atoms with Crippen molar-refractivity contribution < 1.29 is 36.7 Å². The molecule has 1 fully saturated rings. The Morgan fingerprint density at radius 3 is 2.14 bits per heavy atom. The SMILES string of the molecule is COc1cccc(OC)c1S(=O)(=O)Nc1noc2cc(-c3ccccc3N3CCN(C(=O)OC(C)(C)C)CC3)cc(OC)c12. The summed E-state index contributed by atoms with van der Waals surface area (Å²) in [6.07, 6.45) is -0.318. The van der Waals surface area contributed by atoms with Crippen molar-refractivity contribution in [3.63, 3.8) is 0 Å². The molecule has 0 aliphatic carbocycles. The smallest absolute Gasteiger partial charge is 0.410 e. The fourth-order valence-corrected chi connectivity index (χ4v) is 6.46. The molecule has 4 aromatic rings. The Morgan fingerprint density at radius 2 is 1.52 bits per heavy atom. The second-order valence-electron chi connectivity index (χ2n) is 11.2. The molecule has 2 heterocycles. The van der Waals surface area contributed by atoms with Gasteiger partial charge in [-0.3, -0.25) is 4.72 Å². The molecule has 0 bridgehead atoms. The number of hydrogen-bond donors (Lipinski definition) is 1. The topological polar surface area (TPSA) is 133 Å². The minimum Gasteiger partial charge on any atom is -0.496 e. The summed E-state index contributed by atoms with van der Waals surface area (Å²) in [5.41, 5.74) is 2.45. The molecular weight excluding hydrogens is 588 g/mol. The van der Waals surface area contributed by atoms with Crippen molar-refractivity contribution in [1.29, 1.82) is 0 Å². The van der Waals surface area contributed by atoms with Crippen LogP contribution in [-0.2, 0) is 14.8 Å². The zero-order valence-electron chi connectivity index (χ0n) is 25.5. The molecule has 0 unspecified atom stereocenters. The van der Waals surface area contributed by atoms with E-state index in [1.54, 1.807) is 17.0 Å². The first kappa shape index (κ1) is 30.8. The van der Waals surface area contributed by atoms with Gasteiger partial charge in [0.1, 0.15) is 28.2 Å². The number of rotatable bonds is 8. The lowest BCUT2D eigenvalue weighted by Crippen LogP contribution is -2.50. The zero-order valence-corrected chi connectivity index (χ0v) is 26.4. The summed E-state index contributed by atoms with van der Waals surface area (Å²) in [4.78, 5) is 16.3. The lowest BCUT2D eigenvalue weighted by Gasteiger charge is -2.37. The van der Waals surface area contributed by atoms with Gasteiger partial charge in [-0.1, -0.05) is 29.4 Å². The Hall–Kier alpha value is -4.65. The molecule has 0 saturated carbocycles. The first-order valence-electron chi connectivity index (χ1n) is 14.0. The van der Waals surface area contributed by atoms with E-state index in [9.17, 15) is 13.2 Å². The lowest BCUT2D eigenvalue weighted by molar-refractivity contribution is 0.0240. The first-order chi connectivity index (χ1) is 21.0. The molecule has 234 valence electrons. The third kappa shape index (κ3) is 6.18. The van der Waals surface area contributed by atoms with Gasteiger partial charge in [-0.05, 0) is 56.7 Å². The van der Waals surface area contributed by atoms with E-state index in [4.69, 9.17) is 23.5 Å². The van der Waals surface area contributed by atoms with Gasteiger partial charge in [0.15, 0.2) is 16.3 Å². The molecule has 1 N–H and O–H groups in total. The summed E-state index contributed by atoms with van der Waals surface area (Å²) in [6.45, 7) is 7.85. The van der Waals surface area contributed by atoms with Crippen LogP contribution in [0.2, 0.25) is 0 Å². The molecule has 1 aliphatic rings. The third-order valence-electron chi connectivity index (χ3n) is 7.13. The van der Waals surface area contributed by atoms with Gasteiger partial charge in [0.25, 0.3) is 10.0 Å². The minimum atomic E-state index is -4.21. The van der Waals surface area contributed by atoms with Crippen LogP contribution >= 0.6 is 0 Å². The molecule has 0 radical (unpaired) electrons. The van der Waals surface area contributed by atoms with Gasteiger partial charge >= 0.3 is 6.09 Å². The monoisotopic (exact) mass is 624 g/mol. The third-order valence-corrected chi connectivity index (χ3v) is 8.53. The van der Waals surface area contributed by atoms with Gasteiger partial charge < -0.3 is 33.3 Å². The number of piperazine rings is 1. The van der Waals surface area contributed by atoms with Crippen molar-refractivity contribution in [3.8, 4) is 28.4 Å². The molecule has 1 aromatic heterocycles. The van der Waals surface area contributed by atoms with E-state index in [0.717, 1.165) is 16.8 Å². The summed E-state index contributed by atoms with van der Waals surface area (Å²) >= 11 is 0. The van der Waals surface area contributed by atoms with Crippen LogP contribution < -0.4 is 23.8 Å². The van der Waals surface area contributed by atoms with Crippen LogP contribution in [0.25, 0.3) is 22.1 Å². The lowest BCUT2D eigenvalue weighted by atomic mass is 10.0. The van der Waals surface area contributed by atoms with Crippen LogP contribution in [0.15, 0.2) is 64.0 Å². The fraction of sp³-hybridized carbons (Fsp3) is 0.355. The number of hydrogen-bond acceptors (Lipinski definition) is 10. The van der Waals surface area contributed by atoms with Crippen molar-refractivity contribution in [3.05, 3.63) is 54.6 Å². The maximum absolute atomic E-state index is 13.5. The van der Waals surface area contributed by atoms with E-state index >= 15 is 0 Å². The average Bonchev–Trinajstić information content (AvgIpc) is 3.41. The predicted molar refractivity (Wildman–Crippen MR) is 166 cm³/mol. The number of methoxy groups -OCH3 is 3. The number of amides is 1. The van der Waals surface area contributed by atoms with Crippen molar-refractivity contribution in [2.45, 2.75) is 31.3 Å². The Bertz CT molecular complexity index is 1750. The number of benzene rings is 3. The van der Waals surface area contributed by atoms with E-state index in [1.807, 2.05) is 51.1 Å². The maximum Gasteiger partial charge on any atom is 0.410 e. The maximum atomic E-state index is 13.5. The molecule has 13 heteroatoms. The van der Waals surface area contributed by atoms with Crippen LogP contribution in [0.3, 0.4) is 0 Å². The predicted octanol–water partition coefficient (Wildman–Crippen LogP) is 5.38.